The third-order valence-corrected chi connectivity index (χ3v) is 4.41. The number of hydrogen-bond donors (Lipinski definition) is 2. The fourth-order valence-electron chi connectivity index (χ4n) is 3.00. The van der Waals surface area contributed by atoms with Gasteiger partial charge in [-0.15, -0.1) is 0 Å². The van der Waals surface area contributed by atoms with Crippen molar-refractivity contribution in [3.8, 4) is 11.3 Å². The van der Waals surface area contributed by atoms with Gasteiger partial charge in [-0.1, -0.05) is 37.3 Å². The molecule has 3 aromatic rings. The first kappa shape index (κ1) is 19.7. The molecule has 0 radical (unpaired) electrons. The predicted octanol–water partition coefficient (Wildman–Crippen LogP) is 3.01. The highest BCUT2D eigenvalue weighted by atomic mass is 15.3. The molecule has 2 heterocycles. The van der Waals surface area contributed by atoms with Gasteiger partial charge in [-0.2, -0.15) is 5.10 Å². The Bertz CT molecular complexity index is 852. The summed E-state index contributed by atoms with van der Waals surface area (Å²) in [5.41, 5.74) is 2.16. The fraction of sp³-hybridized carbons (Fsp3) is 0.381. The highest BCUT2D eigenvalue weighted by molar-refractivity contribution is 5.79. The summed E-state index contributed by atoms with van der Waals surface area (Å²) >= 11 is 0. The molecule has 3 rings (SSSR count). The van der Waals surface area contributed by atoms with Crippen LogP contribution >= 0.6 is 0 Å². The fourth-order valence-corrected chi connectivity index (χ4v) is 3.00. The standard InChI is InChI=1S/C21H29N7/c1-4-22-21(24-13-17(2)15-28-12-8-11-25-28)27(3)16-20-23-14-19(26-20)18-9-6-5-7-10-18/h5-12,14,17H,4,13,15-16H2,1-3H3,(H,22,24)(H,23,26). The third kappa shape index (κ3) is 5.45. The zero-order valence-electron chi connectivity index (χ0n) is 16.8. The Morgan fingerprint density at radius 2 is 2.11 bits per heavy atom. The molecule has 0 aliphatic heterocycles. The quantitative estimate of drug-likeness (QED) is 0.466. The van der Waals surface area contributed by atoms with Gasteiger partial charge in [0, 0.05) is 39.1 Å². The Labute approximate surface area is 166 Å². The van der Waals surface area contributed by atoms with Crippen LogP contribution < -0.4 is 5.32 Å². The highest BCUT2D eigenvalue weighted by Gasteiger charge is 2.11. The number of nitrogens with one attached hydrogen (secondary N) is 2. The van der Waals surface area contributed by atoms with E-state index in [1.54, 1.807) is 6.20 Å². The number of rotatable bonds is 8. The number of guanidine groups is 1. The number of benzene rings is 1. The summed E-state index contributed by atoms with van der Waals surface area (Å²) in [5.74, 6) is 2.19. The molecule has 0 spiro atoms. The van der Waals surface area contributed by atoms with Crippen LogP contribution in [0, 0.1) is 5.92 Å². The van der Waals surface area contributed by atoms with Crippen molar-refractivity contribution in [3.05, 3.63) is 60.8 Å². The van der Waals surface area contributed by atoms with Crippen LogP contribution in [-0.4, -0.2) is 50.7 Å². The normalized spacial score (nSPS) is 12.8. The van der Waals surface area contributed by atoms with Gasteiger partial charge in [-0.25, -0.2) is 4.98 Å². The number of nitrogens with zero attached hydrogens (tertiary/aromatic N) is 5. The monoisotopic (exact) mass is 379 g/mol. The van der Waals surface area contributed by atoms with Crippen LogP contribution in [0.3, 0.4) is 0 Å². The van der Waals surface area contributed by atoms with Crippen LogP contribution in [0.4, 0.5) is 0 Å². The van der Waals surface area contributed by atoms with E-state index in [1.807, 2.05) is 48.4 Å². The van der Waals surface area contributed by atoms with Gasteiger partial charge in [-0.3, -0.25) is 9.67 Å². The van der Waals surface area contributed by atoms with Crippen LogP contribution in [0.15, 0.2) is 60.0 Å². The van der Waals surface area contributed by atoms with E-state index >= 15 is 0 Å². The summed E-state index contributed by atoms with van der Waals surface area (Å²) in [5, 5.41) is 7.63. The minimum atomic E-state index is 0.398. The SMILES string of the molecule is CCNC(=NCC(C)Cn1cccn1)N(C)Cc1ncc(-c2ccccc2)[nH]1. The topological polar surface area (TPSA) is 74.1 Å². The number of hydrogen-bond acceptors (Lipinski definition) is 3. The number of aromatic nitrogens is 4. The first-order valence-electron chi connectivity index (χ1n) is 9.72. The van der Waals surface area contributed by atoms with E-state index in [9.17, 15) is 0 Å². The lowest BCUT2D eigenvalue weighted by Gasteiger charge is -2.21. The molecule has 2 N–H and O–H groups in total. The van der Waals surface area contributed by atoms with Crippen molar-refractivity contribution in [2.75, 3.05) is 20.1 Å². The van der Waals surface area contributed by atoms with Gasteiger partial charge >= 0.3 is 0 Å². The number of aromatic amines is 1. The second kappa shape index (κ2) is 9.73. The summed E-state index contributed by atoms with van der Waals surface area (Å²) in [4.78, 5) is 14.8. The van der Waals surface area contributed by atoms with Gasteiger partial charge in [0.15, 0.2) is 5.96 Å². The lowest BCUT2D eigenvalue weighted by molar-refractivity contribution is 0.440. The molecule has 7 nitrogen and oxygen atoms in total. The van der Waals surface area contributed by atoms with E-state index in [-0.39, 0.29) is 0 Å². The molecule has 28 heavy (non-hydrogen) atoms. The van der Waals surface area contributed by atoms with Crippen molar-refractivity contribution in [1.29, 1.82) is 0 Å². The maximum atomic E-state index is 4.80. The van der Waals surface area contributed by atoms with Crippen LogP contribution in [-0.2, 0) is 13.1 Å². The van der Waals surface area contributed by atoms with E-state index in [4.69, 9.17) is 4.99 Å². The molecular formula is C21H29N7. The Hall–Kier alpha value is -3.09. The van der Waals surface area contributed by atoms with Crippen molar-refractivity contribution < 1.29 is 0 Å². The lowest BCUT2D eigenvalue weighted by Crippen LogP contribution is -2.39. The number of imidazole rings is 1. The molecule has 1 unspecified atom stereocenters. The molecule has 0 aliphatic rings. The second-order valence-corrected chi connectivity index (χ2v) is 6.99. The van der Waals surface area contributed by atoms with Crippen molar-refractivity contribution in [2.24, 2.45) is 10.9 Å². The molecule has 7 heteroatoms. The molecule has 1 atom stereocenters. The Morgan fingerprint density at radius 3 is 2.82 bits per heavy atom. The molecule has 148 valence electrons. The molecule has 0 fully saturated rings. The molecule has 0 aliphatic carbocycles. The smallest absolute Gasteiger partial charge is 0.194 e. The first-order valence-corrected chi connectivity index (χ1v) is 9.72. The number of aliphatic imine (C=N–C) groups is 1. The van der Waals surface area contributed by atoms with Crippen LogP contribution in [0.5, 0.6) is 0 Å². The first-order chi connectivity index (χ1) is 13.7. The molecule has 2 aromatic heterocycles. The van der Waals surface area contributed by atoms with Crippen LogP contribution in [0.1, 0.15) is 19.7 Å². The van der Waals surface area contributed by atoms with Crippen molar-refractivity contribution >= 4 is 5.96 Å². The average Bonchev–Trinajstić information content (AvgIpc) is 3.38. The second-order valence-electron chi connectivity index (χ2n) is 6.99. The molecule has 1 aromatic carbocycles. The summed E-state index contributed by atoms with van der Waals surface area (Å²) in [6, 6.07) is 12.2. The predicted molar refractivity (Wildman–Crippen MR) is 113 cm³/mol. The lowest BCUT2D eigenvalue weighted by atomic mass is 10.2. The Balaban J connectivity index is 1.61. The minimum Gasteiger partial charge on any atom is -0.357 e. The van der Waals surface area contributed by atoms with Gasteiger partial charge < -0.3 is 15.2 Å². The average molecular weight is 380 g/mol. The highest BCUT2D eigenvalue weighted by Crippen LogP contribution is 2.16. The van der Waals surface area contributed by atoms with E-state index in [2.05, 4.69) is 51.3 Å². The molecule has 0 bridgehead atoms. The molecule has 0 saturated heterocycles. The van der Waals surface area contributed by atoms with E-state index < -0.39 is 0 Å². The Kier molecular flexibility index (Phi) is 6.84. The maximum Gasteiger partial charge on any atom is 0.194 e. The summed E-state index contributed by atoms with van der Waals surface area (Å²) < 4.78 is 1.95. The van der Waals surface area contributed by atoms with Crippen molar-refractivity contribution in [3.63, 3.8) is 0 Å². The molecular weight excluding hydrogens is 350 g/mol. The van der Waals surface area contributed by atoms with Gasteiger partial charge in [0.25, 0.3) is 0 Å². The third-order valence-electron chi connectivity index (χ3n) is 4.41. The maximum absolute atomic E-state index is 4.80. The van der Waals surface area contributed by atoms with Gasteiger partial charge in [-0.05, 0) is 24.5 Å². The summed E-state index contributed by atoms with van der Waals surface area (Å²) in [7, 11) is 2.03. The molecule has 0 saturated carbocycles. The van der Waals surface area contributed by atoms with E-state index in [1.165, 1.54) is 0 Å². The molecule has 0 amide bonds. The van der Waals surface area contributed by atoms with Gasteiger partial charge in [0.2, 0.25) is 0 Å². The van der Waals surface area contributed by atoms with Gasteiger partial charge in [0.05, 0.1) is 18.4 Å². The van der Waals surface area contributed by atoms with E-state index in [0.29, 0.717) is 12.5 Å². The summed E-state index contributed by atoms with van der Waals surface area (Å²) in [6.07, 6.45) is 5.67. The Morgan fingerprint density at radius 1 is 1.29 bits per heavy atom. The van der Waals surface area contributed by atoms with Crippen molar-refractivity contribution in [2.45, 2.75) is 26.9 Å². The largest absolute Gasteiger partial charge is 0.357 e. The zero-order chi connectivity index (χ0) is 19.8. The number of H-pyrrole nitrogens is 1. The van der Waals surface area contributed by atoms with Gasteiger partial charge in [0.1, 0.15) is 5.82 Å². The van der Waals surface area contributed by atoms with Crippen molar-refractivity contribution in [1.82, 2.24) is 30.0 Å². The van der Waals surface area contributed by atoms with Crippen LogP contribution in [0.25, 0.3) is 11.3 Å². The minimum absolute atomic E-state index is 0.398. The summed E-state index contributed by atoms with van der Waals surface area (Å²) in [6.45, 7) is 7.35. The zero-order valence-corrected chi connectivity index (χ0v) is 16.8. The van der Waals surface area contributed by atoms with Crippen LogP contribution in [0.2, 0.25) is 0 Å². The van der Waals surface area contributed by atoms with E-state index in [0.717, 1.165) is 42.7 Å².